The van der Waals surface area contributed by atoms with Crippen LogP contribution in [-0.4, -0.2) is 56.2 Å². The molecule has 1 amide bonds. The molecule has 1 aliphatic heterocycles. The quantitative estimate of drug-likeness (QED) is 0.148. The molecule has 10 nitrogen and oxygen atoms in total. The molecule has 4 heterocycles. The number of rotatable bonds is 9. The molecule has 6 aromatic rings. The number of aromatic carboxylic acids is 1. The van der Waals surface area contributed by atoms with Crippen molar-refractivity contribution in [1.29, 1.82) is 0 Å². The molecule has 0 saturated heterocycles. The summed E-state index contributed by atoms with van der Waals surface area (Å²) in [6.45, 7) is 12.6. The van der Waals surface area contributed by atoms with E-state index >= 15 is 4.79 Å². The van der Waals surface area contributed by atoms with Crippen molar-refractivity contribution >= 4 is 62.6 Å². The number of carbonyl (C=O) groups excluding carboxylic acids is 1. The number of benzene rings is 3. The maximum atomic E-state index is 15.2. The van der Waals surface area contributed by atoms with Crippen molar-refractivity contribution in [2.24, 2.45) is 14.1 Å². The molecule has 0 aliphatic carbocycles. The molecule has 3 aromatic heterocycles. The third-order valence-electron chi connectivity index (χ3n) is 10.8. The first-order chi connectivity index (χ1) is 25.2. The normalized spacial score (nSPS) is 14.4. The van der Waals surface area contributed by atoms with E-state index in [2.05, 4.69) is 11.5 Å². The minimum Gasteiger partial charge on any atom is -0.496 e. The van der Waals surface area contributed by atoms with Crippen molar-refractivity contribution in [3.8, 4) is 22.6 Å². The minimum absolute atomic E-state index is 0.144. The first kappa shape index (κ1) is 36.4. The summed E-state index contributed by atoms with van der Waals surface area (Å²) >= 11 is 13.5. The number of hydrogen-bond donors (Lipinski definition) is 1. The number of aryl methyl sites for hydroxylation is 7. The Labute approximate surface area is 318 Å². The van der Waals surface area contributed by atoms with Crippen molar-refractivity contribution in [2.75, 3.05) is 25.2 Å². The number of anilines is 1. The van der Waals surface area contributed by atoms with E-state index in [0.717, 1.165) is 60.9 Å². The predicted molar refractivity (Wildman–Crippen MR) is 211 cm³/mol. The van der Waals surface area contributed by atoms with Gasteiger partial charge in [0.15, 0.2) is 0 Å². The van der Waals surface area contributed by atoms with Crippen molar-refractivity contribution in [1.82, 2.24) is 18.9 Å². The van der Waals surface area contributed by atoms with E-state index in [1.807, 2.05) is 75.8 Å². The van der Waals surface area contributed by atoms with E-state index in [9.17, 15) is 9.90 Å². The van der Waals surface area contributed by atoms with Crippen molar-refractivity contribution in [2.45, 2.75) is 60.4 Å². The van der Waals surface area contributed by atoms with Gasteiger partial charge in [0.1, 0.15) is 22.9 Å². The Hall–Kier alpha value is -4.93. The highest BCUT2D eigenvalue weighted by Crippen LogP contribution is 2.46. The first-order valence-corrected chi connectivity index (χ1v) is 18.4. The summed E-state index contributed by atoms with van der Waals surface area (Å²) < 4.78 is 17.6. The summed E-state index contributed by atoms with van der Waals surface area (Å²) in [4.78, 5) is 29.4. The molecule has 0 radical (unpaired) electrons. The second-order valence-corrected chi connectivity index (χ2v) is 14.9. The fraction of sp³-hybridized carbons (Fsp3) is 0.341. The van der Waals surface area contributed by atoms with E-state index < -0.39 is 5.97 Å². The smallest absolute Gasteiger partial charge is 0.352 e. The van der Waals surface area contributed by atoms with Gasteiger partial charge >= 0.3 is 5.97 Å². The summed E-state index contributed by atoms with van der Waals surface area (Å²) in [6.07, 6.45) is 1.20. The SMILES string of the molecule is COc1ccc(N2CC(C)n3c(c(CCCOc4cc(C)c(Cl)c(C)c4)c4ccc(Cl)c(-c5c(C)nn(C)c5C)c43)C2=O)c2c1c(C)c(C(=O)O)n2C. The van der Waals surface area contributed by atoms with Crippen LogP contribution in [0, 0.1) is 34.6 Å². The van der Waals surface area contributed by atoms with Crippen LogP contribution in [0.4, 0.5) is 5.69 Å². The van der Waals surface area contributed by atoms with Gasteiger partial charge in [0.25, 0.3) is 5.91 Å². The van der Waals surface area contributed by atoms with Crippen molar-refractivity contribution in [3.05, 3.63) is 91.5 Å². The van der Waals surface area contributed by atoms with Gasteiger partial charge < -0.3 is 28.6 Å². The van der Waals surface area contributed by atoms with Crippen LogP contribution in [0.25, 0.3) is 32.9 Å². The molecule has 0 saturated carbocycles. The second kappa shape index (κ2) is 13.5. The summed E-state index contributed by atoms with van der Waals surface area (Å²) in [5.74, 6) is 0.0709. The molecular formula is C41H43Cl2N5O5. The maximum absolute atomic E-state index is 15.2. The third kappa shape index (κ3) is 5.65. The standard InChI is InChI=1S/C41H43Cl2N5O5/c1-20-17-26(18-21(2)35(20)43)53-16-10-11-27-28-12-13-29(42)34(33-24(5)44-46(8)25(33)6)37(28)48-22(3)19-47(40(49)38(27)48)30-14-15-31(52-9)32-23(4)36(41(50)51)45(7)39(30)32/h12-15,17-18,22H,10-11,16,19H2,1-9H3,(H,50,51). The van der Waals surface area contributed by atoms with E-state index in [-0.39, 0.29) is 17.6 Å². The van der Waals surface area contributed by atoms with Gasteiger partial charge in [-0.25, -0.2) is 4.79 Å². The fourth-order valence-corrected chi connectivity index (χ4v) is 8.73. The summed E-state index contributed by atoms with van der Waals surface area (Å²) in [7, 11) is 5.20. The lowest BCUT2D eigenvalue weighted by atomic mass is 9.98. The Balaban J connectivity index is 1.41. The summed E-state index contributed by atoms with van der Waals surface area (Å²) in [5.41, 5.74) is 9.88. The molecule has 276 valence electrons. The van der Waals surface area contributed by atoms with Gasteiger partial charge in [-0.05, 0) is 107 Å². The van der Waals surface area contributed by atoms with Crippen LogP contribution in [0.2, 0.25) is 10.0 Å². The molecule has 1 aliphatic rings. The Morgan fingerprint density at radius 3 is 2.32 bits per heavy atom. The minimum atomic E-state index is -1.05. The lowest BCUT2D eigenvalue weighted by Gasteiger charge is -2.35. The molecule has 12 heteroatoms. The Morgan fingerprint density at radius 2 is 1.70 bits per heavy atom. The van der Waals surface area contributed by atoms with Crippen LogP contribution < -0.4 is 14.4 Å². The molecule has 53 heavy (non-hydrogen) atoms. The number of carboxylic acid groups (broad SMARTS) is 1. The van der Waals surface area contributed by atoms with Crippen LogP contribution in [0.3, 0.4) is 0 Å². The number of ether oxygens (including phenoxy) is 2. The van der Waals surface area contributed by atoms with Gasteiger partial charge in [-0.3, -0.25) is 9.48 Å². The molecule has 1 atom stereocenters. The second-order valence-electron chi connectivity index (χ2n) is 14.1. The number of methoxy groups -OCH3 is 1. The van der Waals surface area contributed by atoms with Crippen molar-refractivity contribution in [3.63, 3.8) is 0 Å². The average molecular weight is 757 g/mol. The zero-order chi connectivity index (χ0) is 38.2. The van der Waals surface area contributed by atoms with Gasteiger partial charge in [-0.1, -0.05) is 29.3 Å². The van der Waals surface area contributed by atoms with Gasteiger partial charge in [0, 0.05) is 59.3 Å². The van der Waals surface area contributed by atoms with Gasteiger partial charge in [-0.15, -0.1) is 0 Å². The lowest BCUT2D eigenvalue weighted by Crippen LogP contribution is -2.43. The molecule has 0 fully saturated rings. The van der Waals surface area contributed by atoms with E-state index in [4.69, 9.17) is 37.8 Å². The van der Waals surface area contributed by atoms with Gasteiger partial charge in [-0.2, -0.15) is 5.10 Å². The van der Waals surface area contributed by atoms with Gasteiger partial charge in [0.05, 0.1) is 41.2 Å². The largest absolute Gasteiger partial charge is 0.496 e. The molecule has 3 aromatic carbocycles. The number of nitrogens with zero attached hydrogens (tertiary/aromatic N) is 5. The van der Waals surface area contributed by atoms with Crippen LogP contribution >= 0.6 is 23.2 Å². The molecule has 1 unspecified atom stereocenters. The number of aromatic nitrogens is 4. The Morgan fingerprint density at radius 1 is 1.00 bits per heavy atom. The van der Waals surface area contributed by atoms with E-state index in [1.165, 1.54) is 0 Å². The molecule has 0 bridgehead atoms. The number of amides is 1. The third-order valence-corrected chi connectivity index (χ3v) is 11.7. The van der Waals surface area contributed by atoms with Crippen molar-refractivity contribution < 1.29 is 24.2 Å². The Kier molecular flexibility index (Phi) is 9.27. The van der Waals surface area contributed by atoms with Crippen LogP contribution in [0.15, 0.2) is 36.4 Å². The zero-order valence-corrected chi connectivity index (χ0v) is 33.0. The average Bonchev–Trinajstić information content (AvgIpc) is 3.68. The molecule has 7 rings (SSSR count). The van der Waals surface area contributed by atoms with Gasteiger partial charge in [0.2, 0.25) is 0 Å². The number of halogens is 2. The lowest BCUT2D eigenvalue weighted by molar-refractivity contribution is 0.0686. The van der Waals surface area contributed by atoms with Crippen LogP contribution in [0.5, 0.6) is 11.5 Å². The highest BCUT2D eigenvalue weighted by molar-refractivity contribution is 6.35. The molecular weight excluding hydrogens is 713 g/mol. The van der Waals surface area contributed by atoms with E-state index in [1.54, 1.807) is 30.5 Å². The maximum Gasteiger partial charge on any atom is 0.352 e. The monoisotopic (exact) mass is 755 g/mol. The number of carbonyl (C=O) groups is 2. The topological polar surface area (TPSA) is 104 Å². The highest BCUT2D eigenvalue weighted by atomic mass is 35.5. The predicted octanol–water partition coefficient (Wildman–Crippen LogP) is 9.32. The fourth-order valence-electron chi connectivity index (χ4n) is 8.37. The molecule has 0 spiro atoms. The summed E-state index contributed by atoms with van der Waals surface area (Å²) in [5, 5.41) is 17.8. The highest BCUT2D eigenvalue weighted by Gasteiger charge is 2.38. The van der Waals surface area contributed by atoms with E-state index in [0.29, 0.717) is 64.6 Å². The number of fused-ring (bicyclic) bond motifs is 4. The molecule has 1 N–H and O–H groups in total. The summed E-state index contributed by atoms with van der Waals surface area (Å²) in [6, 6.07) is 11.3. The van der Waals surface area contributed by atoms with Crippen LogP contribution in [-0.2, 0) is 20.5 Å². The number of carboxylic acids is 1. The first-order valence-electron chi connectivity index (χ1n) is 17.6. The zero-order valence-electron chi connectivity index (χ0n) is 31.4. The van der Waals surface area contributed by atoms with Crippen LogP contribution in [0.1, 0.15) is 74.0 Å². The Bertz CT molecular complexity index is 2490. The number of hydrogen-bond acceptors (Lipinski definition) is 5.